The van der Waals surface area contributed by atoms with Gasteiger partial charge < -0.3 is 5.11 Å². The average molecular weight is 202 g/mol. The molecule has 1 aromatic rings. The molecule has 0 bridgehead atoms. The lowest BCUT2D eigenvalue weighted by Crippen LogP contribution is -1.94. The third-order valence-corrected chi connectivity index (χ3v) is 1.82. The fraction of sp³-hybridized carbons (Fsp3) is 0.250. The molecule has 1 rings (SSSR count). The van der Waals surface area contributed by atoms with Gasteiger partial charge in [0.05, 0.1) is 11.0 Å². The van der Waals surface area contributed by atoms with Gasteiger partial charge >= 0.3 is 0 Å². The Morgan fingerprint density at radius 1 is 1.54 bits per heavy atom. The molecule has 0 aromatic heterocycles. The van der Waals surface area contributed by atoms with E-state index in [4.69, 9.17) is 11.6 Å². The second kappa shape index (κ2) is 3.72. The number of non-ortho nitro benzene ring substituents is 1. The lowest BCUT2D eigenvalue weighted by Gasteiger charge is -2.04. The summed E-state index contributed by atoms with van der Waals surface area (Å²) in [7, 11) is 0. The molecule has 70 valence electrons. The minimum atomic E-state index is -0.752. The second-order valence-electron chi connectivity index (χ2n) is 2.68. The molecule has 0 radical (unpaired) electrons. The number of halogens is 1. The van der Waals surface area contributed by atoms with Gasteiger partial charge in [-0.2, -0.15) is 0 Å². The van der Waals surface area contributed by atoms with Gasteiger partial charge in [0.2, 0.25) is 0 Å². The Hall–Kier alpha value is -1.13. The molecule has 1 unspecified atom stereocenters. The van der Waals surface area contributed by atoms with Crippen molar-refractivity contribution >= 4 is 17.3 Å². The Balaban J connectivity index is 3.19. The van der Waals surface area contributed by atoms with E-state index < -0.39 is 11.0 Å². The Morgan fingerprint density at radius 2 is 2.15 bits per heavy atom. The van der Waals surface area contributed by atoms with Crippen LogP contribution < -0.4 is 0 Å². The van der Waals surface area contributed by atoms with Gasteiger partial charge in [0.25, 0.3) is 5.69 Å². The Bertz CT molecular complexity index is 338. The van der Waals surface area contributed by atoms with E-state index in [2.05, 4.69) is 0 Å². The molecule has 13 heavy (non-hydrogen) atoms. The molecule has 0 saturated heterocycles. The topological polar surface area (TPSA) is 63.4 Å². The molecule has 0 spiro atoms. The van der Waals surface area contributed by atoms with Gasteiger partial charge in [0, 0.05) is 17.2 Å². The standard InChI is InChI=1S/C8H8ClNO3/c1-5(11)6-2-7(9)4-8(3-6)10(12)13/h2-5,11H,1H3. The summed E-state index contributed by atoms with van der Waals surface area (Å²) in [5.74, 6) is 0. The molecule has 0 aliphatic carbocycles. The summed E-state index contributed by atoms with van der Waals surface area (Å²) in [6.07, 6.45) is -0.752. The summed E-state index contributed by atoms with van der Waals surface area (Å²) < 4.78 is 0. The zero-order chi connectivity index (χ0) is 10.0. The predicted molar refractivity (Wildman–Crippen MR) is 48.7 cm³/mol. The van der Waals surface area contributed by atoms with Gasteiger partial charge in [-0.05, 0) is 18.6 Å². The lowest BCUT2D eigenvalue weighted by molar-refractivity contribution is -0.385. The van der Waals surface area contributed by atoms with Crippen molar-refractivity contribution in [2.45, 2.75) is 13.0 Å². The van der Waals surface area contributed by atoms with Crippen molar-refractivity contribution in [3.63, 3.8) is 0 Å². The lowest BCUT2D eigenvalue weighted by atomic mass is 10.1. The largest absolute Gasteiger partial charge is 0.389 e. The van der Waals surface area contributed by atoms with Crippen molar-refractivity contribution in [3.05, 3.63) is 38.9 Å². The van der Waals surface area contributed by atoms with Crippen molar-refractivity contribution in [1.82, 2.24) is 0 Å². The van der Waals surface area contributed by atoms with Crippen LogP contribution in [0.5, 0.6) is 0 Å². The van der Waals surface area contributed by atoms with Crippen LogP contribution in [0.3, 0.4) is 0 Å². The highest BCUT2D eigenvalue weighted by Crippen LogP contribution is 2.24. The molecule has 0 aliphatic rings. The van der Waals surface area contributed by atoms with Crippen molar-refractivity contribution in [2.75, 3.05) is 0 Å². The normalized spacial score (nSPS) is 12.5. The minimum absolute atomic E-state index is 0.108. The van der Waals surface area contributed by atoms with Gasteiger partial charge in [-0.3, -0.25) is 10.1 Å². The first kappa shape index (κ1) is 9.95. The number of hydrogen-bond donors (Lipinski definition) is 1. The van der Waals surface area contributed by atoms with Crippen LogP contribution in [0.15, 0.2) is 18.2 Å². The number of nitrogens with zero attached hydrogens (tertiary/aromatic N) is 1. The smallest absolute Gasteiger partial charge is 0.271 e. The zero-order valence-electron chi connectivity index (χ0n) is 6.90. The van der Waals surface area contributed by atoms with Gasteiger partial charge in [0.1, 0.15) is 0 Å². The maximum atomic E-state index is 10.4. The number of aliphatic hydroxyl groups excluding tert-OH is 1. The first-order valence-corrected chi connectivity index (χ1v) is 4.01. The molecule has 4 nitrogen and oxygen atoms in total. The number of aliphatic hydroxyl groups is 1. The Kier molecular flexibility index (Phi) is 2.85. The molecule has 0 saturated carbocycles. The minimum Gasteiger partial charge on any atom is -0.389 e. The summed E-state index contributed by atoms with van der Waals surface area (Å²) in [6, 6.07) is 4.04. The third-order valence-electron chi connectivity index (χ3n) is 1.60. The van der Waals surface area contributed by atoms with Crippen LogP contribution in [0.25, 0.3) is 0 Å². The van der Waals surface area contributed by atoms with E-state index in [1.807, 2.05) is 0 Å². The fourth-order valence-corrected chi connectivity index (χ4v) is 1.18. The molecule has 1 atom stereocenters. The van der Waals surface area contributed by atoms with Crippen LogP contribution in [0.2, 0.25) is 5.02 Å². The van der Waals surface area contributed by atoms with E-state index in [1.54, 1.807) is 0 Å². The monoisotopic (exact) mass is 201 g/mol. The van der Waals surface area contributed by atoms with Gasteiger partial charge in [0.15, 0.2) is 0 Å². The quantitative estimate of drug-likeness (QED) is 0.590. The summed E-state index contributed by atoms with van der Waals surface area (Å²) in [5, 5.41) is 19.8. The highest BCUT2D eigenvalue weighted by molar-refractivity contribution is 6.30. The fourth-order valence-electron chi connectivity index (χ4n) is 0.943. The highest BCUT2D eigenvalue weighted by atomic mass is 35.5. The zero-order valence-corrected chi connectivity index (χ0v) is 7.65. The summed E-state index contributed by atoms with van der Waals surface area (Å²) in [5.41, 5.74) is 0.336. The molecule has 1 N–H and O–H groups in total. The first-order valence-electron chi connectivity index (χ1n) is 3.63. The number of nitro groups is 1. The summed E-state index contributed by atoms with van der Waals surface area (Å²) >= 11 is 5.62. The van der Waals surface area contributed by atoms with Crippen LogP contribution in [-0.4, -0.2) is 10.0 Å². The Labute approximate surface area is 79.9 Å². The Morgan fingerprint density at radius 3 is 2.62 bits per heavy atom. The van der Waals surface area contributed by atoms with E-state index >= 15 is 0 Å². The number of nitro benzene ring substituents is 1. The predicted octanol–water partition coefficient (Wildman–Crippen LogP) is 2.30. The number of hydrogen-bond acceptors (Lipinski definition) is 3. The first-order chi connectivity index (χ1) is 6.00. The van der Waals surface area contributed by atoms with Gasteiger partial charge in [-0.15, -0.1) is 0 Å². The average Bonchev–Trinajstić information content (AvgIpc) is 2.03. The molecule has 0 heterocycles. The SMILES string of the molecule is CC(O)c1cc(Cl)cc([N+](=O)[O-])c1. The molecule has 1 aromatic carbocycles. The maximum Gasteiger partial charge on any atom is 0.271 e. The summed E-state index contributed by atoms with van der Waals surface area (Å²) in [6.45, 7) is 1.52. The highest BCUT2D eigenvalue weighted by Gasteiger charge is 2.11. The van der Waals surface area contributed by atoms with Gasteiger partial charge in [-0.1, -0.05) is 11.6 Å². The third kappa shape index (κ3) is 2.40. The molecular formula is C8H8ClNO3. The molecule has 0 amide bonds. The molecule has 5 heteroatoms. The number of rotatable bonds is 2. The van der Waals surface area contributed by atoms with Crippen LogP contribution in [-0.2, 0) is 0 Å². The molecular weight excluding hydrogens is 194 g/mol. The van der Waals surface area contributed by atoms with Crippen molar-refractivity contribution in [2.24, 2.45) is 0 Å². The van der Waals surface area contributed by atoms with Crippen molar-refractivity contribution in [3.8, 4) is 0 Å². The van der Waals surface area contributed by atoms with E-state index in [-0.39, 0.29) is 10.7 Å². The van der Waals surface area contributed by atoms with E-state index in [1.165, 1.54) is 25.1 Å². The van der Waals surface area contributed by atoms with E-state index in [9.17, 15) is 15.2 Å². The molecule has 0 fully saturated rings. The van der Waals surface area contributed by atoms with Gasteiger partial charge in [-0.25, -0.2) is 0 Å². The number of benzene rings is 1. The van der Waals surface area contributed by atoms with E-state index in [0.29, 0.717) is 5.56 Å². The summed E-state index contributed by atoms with van der Waals surface area (Å²) in [4.78, 5) is 9.85. The van der Waals surface area contributed by atoms with Crippen molar-refractivity contribution in [1.29, 1.82) is 0 Å². The van der Waals surface area contributed by atoms with Crippen LogP contribution in [0, 0.1) is 10.1 Å². The van der Waals surface area contributed by atoms with Crippen molar-refractivity contribution < 1.29 is 10.0 Å². The van der Waals surface area contributed by atoms with E-state index in [0.717, 1.165) is 0 Å². The maximum absolute atomic E-state index is 10.4. The second-order valence-corrected chi connectivity index (χ2v) is 3.11. The van der Waals surface area contributed by atoms with Crippen LogP contribution in [0.1, 0.15) is 18.6 Å². The molecule has 0 aliphatic heterocycles. The van der Waals surface area contributed by atoms with Crippen LogP contribution in [0.4, 0.5) is 5.69 Å². The van der Waals surface area contributed by atoms with Crippen LogP contribution >= 0.6 is 11.6 Å².